The molecule has 2 nitrogen and oxygen atoms in total. The molecule has 2 atom stereocenters. The van der Waals surface area contributed by atoms with Crippen molar-refractivity contribution in [2.75, 3.05) is 4.90 Å². The molecule has 0 aromatic heterocycles. The van der Waals surface area contributed by atoms with Crippen molar-refractivity contribution in [3.63, 3.8) is 0 Å². The van der Waals surface area contributed by atoms with Crippen LogP contribution in [0.5, 0.6) is 0 Å². The zero-order chi connectivity index (χ0) is 14.3. The van der Waals surface area contributed by atoms with Gasteiger partial charge in [-0.1, -0.05) is 41.9 Å². The van der Waals surface area contributed by atoms with Gasteiger partial charge < -0.3 is 0 Å². The summed E-state index contributed by atoms with van der Waals surface area (Å²) in [5.74, 6) is -0.511. The van der Waals surface area contributed by atoms with Crippen molar-refractivity contribution in [2.24, 2.45) is 0 Å². The van der Waals surface area contributed by atoms with E-state index in [4.69, 9.17) is 11.6 Å². The van der Waals surface area contributed by atoms with Crippen LogP contribution in [0, 0.1) is 0 Å². The molecule has 0 bridgehead atoms. The number of anilines is 1. The monoisotopic (exact) mass is 289 g/mol. The Morgan fingerprint density at radius 1 is 1.10 bits per heavy atom. The van der Waals surface area contributed by atoms with Crippen LogP contribution >= 0.6 is 11.6 Å². The summed E-state index contributed by atoms with van der Waals surface area (Å²) >= 11 is 5.86. The number of para-hydroxylation sites is 1. The minimum atomic E-state index is -1.89. The van der Waals surface area contributed by atoms with Crippen LogP contribution in [0.15, 0.2) is 54.6 Å². The predicted molar refractivity (Wildman–Crippen MR) is 77.6 cm³/mol. The molecule has 0 radical (unpaired) electrons. The minimum absolute atomic E-state index is 0.511. The molecule has 1 heterocycles. The summed E-state index contributed by atoms with van der Waals surface area (Å²) in [5, 5.41) is 0.589. The Morgan fingerprint density at radius 3 is 2.30 bits per heavy atom. The molecule has 3 rings (SSSR count). The van der Waals surface area contributed by atoms with E-state index in [0.29, 0.717) is 10.7 Å². The fourth-order valence-electron chi connectivity index (χ4n) is 2.61. The third-order valence-electron chi connectivity index (χ3n) is 3.63. The van der Waals surface area contributed by atoms with Crippen LogP contribution in [-0.4, -0.2) is 11.6 Å². The first-order valence-corrected chi connectivity index (χ1v) is 6.72. The van der Waals surface area contributed by atoms with Gasteiger partial charge in [-0.3, -0.25) is 9.69 Å². The Hall–Kier alpha value is -1.87. The van der Waals surface area contributed by atoms with Gasteiger partial charge in [0.05, 0.1) is 0 Å². The third-order valence-corrected chi connectivity index (χ3v) is 3.88. The van der Waals surface area contributed by atoms with E-state index in [1.54, 1.807) is 36.4 Å². The molecule has 1 fully saturated rings. The highest BCUT2D eigenvalue weighted by Gasteiger charge is 2.59. The number of hydrogen-bond donors (Lipinski definition) is 0. The zero-order valence-electron chi connectivity index (χ0n) is 10.9. The molecule has 0 saturated carbocycles. The molecule has 20 heavy (non-hydrogen) atoms. The molecule has 102 valence electrons. The van der Waals surface area contributed by atoms with Crippen molar-refractivity contribution in [2.45, 2.75) is 18.6 Å². The zero-order valence-corrected chi connectivity index (χ0v) is 11.6. The number of nitrogens with zero attached hydrogens (tertiary/aromatic N) is 1. The van der Waals surface area contributed by atoms with E-state index in [1.807, 2.05) is 18.2 Å². The molecule has 1 saturated heterocycles. The molecular weight excluding hydrogens is 277 g/mol. The van der Waals surface area contributed by atoms with Crippen molar-refractivity contribution < 1.29 is 9.18 Å². The number of β-lactam (4-membered cyclic amide) rings is 1. The van der Waals surface area contributed by atoms with Crippen LogP contribution in [0.4, 0.5) is 10.1 Å². The van der Waals surface area contributed by atoms with Crippen molar-refractivity contribution >= 4 is 23.2 Å². The molecule has 0 aliphatic carbocycles. The Kier molecular flexibility index (Phi) is 3.02. The number of halogens is 2. The van der Waals surface area contributed by atoms with Crippen molar-refractivity contribution in [1.29, 1.82) is 0 Å². The van der Waals surface area contributed by atoms with Crippen LogP contribution in [0.1, 0.15) is 18.5 Å². The second kappa shape index (κ2) is 4.60. The van der Waals surface area contributed by atoms with Gasteiger partial charge in [-0.05, 0) is 36.8 Å². The fraction of sp³-hybridized carbons (Fsp3) is 0.188. The lowest BCUT2D eigenvalue weighted by Gasteiger charge is -2.49. The minimum Gasteiger partial charge on any atom is -0.298 e. The Labute approximate surface area is 121 Å². The van der Waals surface area contributed by atoms with Crippen molar-refractivity contribution in [3.05, 3.63) is 65.2 Å². The van der Waals surface area contributed by atoms with E-state index < -0.39 is 17.6 Å². The van der Waals surface area contributed by atoms with E-state index in [1.165, 1.54) is 11.8 Å². The van der Waals surface area contributed by atoms with Crippen molar-refractivity contribution in [3.8, 4) is 0 Å². The van der Waals surface area contributed by atoms with Gasteiger partial charge in [-0.15, -0.1) is 0 Å². The summed E-state index contributed by atoms with van der Waals surface area (Å²) in [4.78, 5) is 13.5. The second-order valence-corrected chi connectivity index (χ2v) is 5.48. The van der Waals surface area contributed by atoms with E-state index in [9.17, 15) is 9.18 Å². The van der Waals surface area contributed by atoms with Crippen LogP contribution in [0.25, 0.3) is 0 Å². The smallest absolute Gasteiger partial charge is 0.267 e. The third kappa shape index (κ3) is 1.90. The maximum absolute atomic E-state index is 14.6. The van der Waals surface area contributed by atoms with Gasteiger partial charge in [0.2, 0.25) is 5.67 Å². The first kappa shape index (κ1) is 13.1. The van der Waals surface area contributed by atoms with Gasteiger partial charge in [0, 0.05) is 10.7 Å². The molecule has 2 aromatic rings. The second-order valence-electron chi connectivity index (χ2n) is 5.04. The quantitative estimate of drug-likeness (QED) is 0.760. The number of hydrogen-bond acceptors (Lipinski definition) is 1. The Bertz CT molecular complexity index is 639. The van der Waals surface area contributed by atoms with Crippen LogP contribution in [-0.2, 0) is 4.79 Å². The van der Waals surface area contributed by atoms with Crippen molar-refractivity contribution in [1.82, 2.24) is 0 Å². The number of alkyl halides is 1. The first-order valence-electron chi connectivity index (χ1n) is 6.35. The molecule has 1 aliphatic rings. The molecule has 0 unspecified atom stereocenters. The number of rotatable bonds is 2. The molecule has 2 aromatic carbocycles. The van der Waals surface area contributed by atoms with E-state index in [-0.39, 0.29) is 0 Å². The van der Waals surface area contributed by atoms with Gasteiger partial charge in [-0.2, -0.15) is 0 Å². The molecule has 4 heteroatoms. The van der Waals surface area contributed by atoms with Crippen LogP contribution < -0.4 is 4.90 Å². The van der Waals surface area contributed by atoms with Crippen LogP contribution in [0.2, 0.25) is 5.02 Å². The van der Waals surface area contributed by atoms with Gasteiger partial charge in [0.1, 0.15) is 6.04 Å². The summed E-state index contributed by atoms with van der Waals surface area (Å²) in [6.45, 7) is 1.33. The normalized spacial score (nSPS) is 25.4. The highest BCUT2D eigenvalue weighted by atomic mass is 35.5. The topological polar surface area (TPSA) is 20.3 Å². The molecular formula is C16H13ClFNO. The lowest BCUT2D eigenvalue weighted by molar-refractivity contribution is -0.141. The highest BCUT2D eigenvalue weighted by Crippen LogP contribution is 2.48. The Morgan fingerprint density at radius 2 is 1.70 bits per heavy atom. The SMILES string of the molecule is C[C@]1(F)C(=O)N(c2ccccc2)[C@H]1c1ccc(Cl)cc1. The fourth-order valence-corrected chi connectivity index (χ4v) is 2.73. The van der Waals surface area contributed by atoms with E-state index >= 15 is 0 Å². The molecule has 1 aliphatic heterocycles. The average Bonchev–Trinajstić information content (AvgIpc) is 2.46. The largest absolute Gasteiger partial charge is 0.298 e. The maximum atomic E-state index is 14.6. The summed E-state index contributed by atoms with van der Waals surface area (Å²) < 4.78 is 14.6. The maximum Gasteiger partial charge on any atom is 0.267 e. The van der Waals surface area contributed by atoms with Crippen LogP contribution in [0.3, 0.4) is 0 Å². The van der Waals surface area contributed by atoms with E-state index in [2.05, 4.69) is 0 Å². The van der Waals surface area contributed by atoms with Gasteiger partial charge in [0.15, 0.2) is 0 Å². The van der Waals surface area contributed by atoms with E-state index in [0.717, 1.165) is 5.56 Å². The number of carbonyl (C=O) groups excluding carboxylic acids is 1. The number of benzene rings is 2. The number of carbonyl (C=O) groups is 1. The lowest BCUT2D eigenvalue weighted by Crippen LogP contribution is -2.64. The lowest BCUT2D eigenvalue weighted by atomic mass is 9.80. The predicted octanol–water partition coefficient (Wildman–Crippen LogP) is 4.16. The summed E-state index contributed by atoms with van der Waals surface area (Å²) in [7, 11) is 0. The summed E-state index contributed by atoms with van der Waals surface area (Å²) in [6, 6.07) is 15.4. The van der Waals surface area contributed by atoms with Gasteiger partial charge in [-0.25, -0.2) is 4.39 Å². The average molecular weight is 290 g/mol. The van der Waals surface area contributed by atoms with Gasteiger partial charge in [0.25, 0.3) is 5.91 Å². The Balaban J connectivity index is 2.02. The standard InChI is InChI=1S/C16H13ClFNO/c1-16(18)14(11-7-9-12(17)10-8-11)19(15(16)20)13-5-3-2-4-6-13/h2-10,14H,1H3/t14-,16+/m0/s1. The van der Waals surface area contributed by atoms with Gasteiger partial charge >= 0.3 is 0 Å². The first-order chi connectivity index (χ1) is 9.51. The molecule has 1 amide bonds. The molecule has 0 spiro atoms. The summed E-state index contributed by atoms with van der Waals surface area (Å²) in [5.41, 5.74) is -0.445. The highest BCUT2D eigenvalue weighted by molar-refractivity contribution is 6.30. The molecule has 0 N–H and O–H groups in total. The number of amides is 1. The summed E-state index contributed by atoms with van der Waals surface area (Å²) in [6.07, 6.45) is 0.